The lowest BCUT2D eigenvalue weighted by Gasteiger charge is -2.23. The largest absolute Gasteiger partial charge is 0.305 e. The van der Waals surface area contributed by atoms with Crippen molar-refractivity contribution in [3.8, 4) is 0 Å². The molecule has 0 aliphatic carbocycles. The van der Waals surface area contributed by atoms with E-state index in [4.69, 9.17) is 11.3 Å². The van der Waals surface area contributed by atoms with E-state index >= 15 is 0 Å². The number of hydrogen-bond acceptors (Lipinski definition) is 6. The van der Waals surface area contributed by atoms with Crippen LogP contribution in [-0.4, -0.2) is 44.2 Å². The Morgan fingerprint density at radius 3 is 2.78 bits per heavy atom. The molecule has 27 heavy (non-hydrogen) atoms. The van der Waals surface area contributed by atoms with E-state index in [1.807, 2.05) is 19.9 Å². The Kier molecular flexibility index (Phi) is 5.48. The monoisotopic (exact) mass is 367 g/mol. The normalized spacial score (nSPS) is 13.5. The van der Waals surface area contributed by atoms with Gasteiger partial charge in [0.25, 0.3) is 5.91 Å². The van der Waals surface area contributed by atoms with Crippen molar-refractivity contribution in [1.82, 2.24) is 19.9 Å². The van der Waals surface area contributed by atoms with Gasteiger partial charge in [-0.05, 0) is 49.7 Å². The van der Waals surface area contributed by atoms with Gasteiger partial charge in [-0.25, -0.2) is 10.8 Å². The van der Waals surface area contributed by atoms with Gasteiger partial charge in [0.05, 0.1) is 0 Å². The SMILES string of the molecule is CCN1Cc2cnc(C(=O)Nc3cccc(C(=N)N(N)C(C)C)n3)cc2C1. The molecule has 0 atom stereocenters. The molecule has 1 aliphatic rings. The molecule has 0 saturated carbocycles. The molecule has 0 radical (unpaired) electrons. The van der Waals surface area contributed by atoms with Gasteiger partial charge in [-0.3, -0.25) is 25.1 Å². The summed E-state index contributed by atoms with van der Waals surface area (Å²) < 4.78 is 0. The molecule has 0 bridgehead atoms. The molecule has 0 unspecified atom stereocenters. The zero-order chi connectivity index (χ0) is 19.6. The van der Waals surface area contributed by atoms with Crippen LogP contribution >= 0.6 is 0 Å². The van der Waals surface area contributed by atoms with E-state index in [1.54, 1.807) is 24.4 Å². The predicted molar refractivity (Wildman–Crippen MR) is 104 cm³/mol. The van der Waals surface area contributed by atoms with Crippen molar-refractivity contribution >= 4 is 17.6 Å². The minimum atomic E-state index is -0.322. The molecule has 1 amide bonds. The fourth-order valence-electron chi connectivity index (χ4n) is 2.91. The topological polar surface area (TPSA) is 111 Å². The molecule has 4 N–H and O–H groups in total. The van der Waals surface area contributed by atoms with Gasteiger partial charge in [-0.15, -0.1) is 0 Å². The summed E-state index contributed by atoms with van der Waals surface area (Å²) in [5, 5.41) is 12.2. The Bertz CT molecular complexity index is 865. The van der Waals surface area contributed by atoms with Crippen molar-refractivity contribution in [1.29, 1.82) is 5.41 Å². The first-order valence-corrected chi connectivity index (χ1v) is 9.00. The number of hydrazine groups is 1. The van der Waals surface area contributed by atoms with E-state index in [9.17, 15) is 4.79 Å². The highest BCUT2D eigenvalue weighted by molar-refractivity contribution is 6.03. The highest BCUT2D eigenvalue weighted by atomic mass is 16.1. The van der Waals surface area contributed by atoms with Crippen LogP contribution in [-0.2, 0) is 13.1 Å². The van der Waals surface area contributed by atoms with Crippen LogP contribution in [0.3, 0.4) is 0 Å². The molecule has 1 aliphatic heterocycles. The van der Waals surface area contributed by atoms with E-state index in [-0.39, 0.29) is 17.8 Å². The lowest BCUT2D eigenvalue weighted by Crippen LogP contribution is -2.43. The van der Waals surface area contributed by atoms with Crippen LogP contribution in [0.5, 0.6) is 0 Å². The number of nitrogens with two attached hydrogens (primary N) is 1. The fourth-order valence-corrected chi connectivity index (χ4v) is 2.91. The van der Waals surface area contributed by atoms with Crippen LogP contribution in [0.4, 0.5) is 5.82 Å². The lowest BCUT2D eigenvalue weighted by atomic mass is 10.1. The summed E-state index contributed by atoms with van der Waals surface area (Å²) in [6, 6.07) is 6.91. The summed E-state index contributed by atoms with van der Waals surface area (Å²) in [6.07, 6.45) is 1.77. The van der Waals surface area contributed by atoms with Crippen molar-refractivity contribution in [3.63, 3.8) is 0 Å². The molecule has 142 valence electrons. The number of pyridine rings is 2. The molecule has 8 nitrogen and oxygen atoms in total. The van der Waals surface area contributed by atoms with Crippen LogP contribution in [0.15, 0.2) is 30.5 Å². The van der Waals surface area contributed by atoms with Gasteiger partial charge in [0.2, 0.25) is 0 Å². The maximum atomic E-state index is 12.6. The molecule has 2 aromatic heterocycles. The number of carbonyl (C=O) groups excluding carboxylic acids is 1. The predicted octanol–water partition coefficient (Wildman–Crippen LogP) is 1.97. The zero-order valence-corrected chi connectivity index (χ0v) is 15.9. The van der Waals surface area contributed by atoms with Crippen LogP contribution in [0, 0.1) is 5.41 Å². The number of amides is 1. The maximum Gasteiger partial charge on any atom is 0.275 e. The first kappa shape index (κ1) is 18.9. The number of hydrogen-bond donors (Lipinski definition) is 3. The number of carbonyl (C=O) groups is 1. The third-order valence-corrected chi connectivity index (χ3v) is 4.60. The first-order valence-electron chi connectivity index (χ1n) is 9.00. The number of nitrogens with zero attached hydrogens (tertiary/aromatic N) is 4. The van der Waals surface area contributed by atoms with Crippen molar-refractivity contribution in [2.45, 2.75) is 39.9 Å². The van der Waals surface area contributed by atoms with Crippen LogP contribution in [0.1, 0.15) is 48.1 Å². The summed E-state index contributed by atoms with van der Waals surface area (Å²) in [5.41, 5.74) is 3.05. The van der Waals surface area contributed by atoms with Crippen molar-refractivity contribution in [3.05, 3.63) is 53.0 Å². The van der Waals surface area contributed by atoms with Crippen molar-refractivity contribution < 1.29 is 4.79 Å². The molecule has 3 rings (SSSR count). The number of anilines is 1. The Labute approximate surface area is 158 Å². The Morgan fingerprint density at radius 2 is 2.07 bits per heavy atom. The number of amidine groups is 1. The number of nitrogens with one attached hydrogen (secondary N) is 2. The third-order valence-electron chi connectivity index (χ3n) is 4.60. The molecular weight excluding hydrogens is 342 g/mol. The van der Waals surface area contributed by atoms with Gasteiger partial charge in [0.1, 0.15) is 17.2 Å². The molecule has 8 heteroatoms. The Morgan fingerprint density at radius 1 is 1.33 bits per heavy atom. The lowest BCUT2D eigenvalue weighted by molar-refractivity contribution is 0.102. The maximum absolute atomic E-state index is 12.6. The standard InChI is InChI=1S/C19H25N7O/c1-4-25-10-13-8-16(22-9-14(13)11-25)19(27)24-17-7-5-6-15(23-17)18(20)26(21)12(2)3/h5-9,12,20H,4,10-11,21H2,1-3H3,(H,23,24,27). The molecule has 2 aromatic rings. The summed E-state index contributed by atoms with van der Waals surface area (Å²) in [4.78, 5) is 23.5. The Balaban J connectivity index is 1.74. The third kappa shape index (κ3) is 4.12. The summed E-state index contributed by atoms with van der Waals surface area (Å²) in [5.74, 6) is 6.01. The second-order valence-electron chi connectivity index (χ2n) is 6.85. The fraction of sp³-hybridized carbons (Fsp3) is 0.368. The first-order chi connectivity index (χ1) is 12.9. The molecule has 0 aromatic carbocycles. The minimum Gasteiger partial charge on any atom is -0.305 e. The highest BCUT2D eigenvalue weighted by Crippen LogP contribution is 2.22. The van der Waals surface area contributed by atoms with Crippen LogP contribution < -0.4 is 11.2 Å². The quantitative estimate of drug-likeness (QED) is 0.322. The van der Waals surface area contributed by atoms with E-state index in [0.717, 1.165) is 25.2 Å². The second kappa shape index (κ2) is 7.81. The van der Waals surface area contributed by atoms with E-state index in [2.05, 4.69) is 27.1 Å². The smallest absolute Gasteiger partial charge is 0.275 e. The molecular formula is C19H25N7O. The molecule has 3 heterocycles. The highest BCUT2D eigenvalue weighted by Gasteiger charge is 2.20. The molecule has 0 spiro atoms. The summed E-state index contributed by atoms with van der Waals surface area (Å²) >= 11 is 0. The zero-order valence-electron chi connectivity index (χ0n) is 15.9. The van der Waals surface area contributed by atoms with Gasteiger partial charge >= 0.3 is 0 Å². The number of fused-ring (bicyclic) bond motifs is 1. The van der Waals surface area contributed by atoms with Crippen LogP contribution in [0.25, 0.3) is 0 Å². The van der Waals surface area contributed by atoms with E-state index in [1.165, 1.54) is 10.6 Å². The number of aromatic nitrogens is 2. The minimum absolute atomic E-state index is 0.0316. The van der Waals surface area contributed by atoms with Gasteiger partial charge < -0.3 is 5.32 Å². The summed E-state index contributed by atoms with van der Waals surface area (Å²) in [6.45, 7) is 8.57. The molecule has 0 fully saturated rings. The van der Waals surface area contributed by atoms with Gasteiger partial charge in [0.15, 0.2) is 5.84 Å². The van der Waals surface area contributed by atoms with Gasteiger partial charge in [-0.1, -0.05) is 13.0 Å². The van der Waals surface area contributed by atoms with E-state index < -0.39 is 0 Å². The van der Waals surface area contributed by atoms with Crippen LogP contribution in [0.2, 0.25) is 0 Å². The van der Waals surface area contributed by atoms with Gasteiger partial charge in [0, 0.05) is 25.3 Å². The average Bonchev–Trinajstić information content (AvgIpc) is 3.09. The van der Waals surface area contributed by atoms with Gasteiger partial charge in [-0.2, -0.15) is 0 Å². The Hall–Kier alpha value is -2.84. The average molecular weight is 367 g/mol. The van der Waals surface area contributed by atoms with E-state index in [0.29, 0.717) is 17.2 Å². The number of rotatable bonds is 5. The van der Waals surface area contributed by atoms with Crippen molar-refractivity contribution in [2.24, 2.45) is 5.84 Å². The second-order valence-corrected chi connectivity index (χ2v) is 6.85. The van der Waals surface area contributed by atoms with Crippen molar-refractivity contribution in [2.75, 3.05) is 11.9 Å². The molecule has 0 saturated heterocycles. The summed E-state index contributed by atoms with van der Waals surface area (Å²) in [7, 11) is 0.